The van der Waals surface area contributed by atoms with E-state index in [-0.39, 0.29) is 12.0 Å². The Balaban J connectivity index is 2.32. The van der Waals surface area contributed by atoms with Crippen molar-refractivity contribution in [1.29, 1.82) is 0 Å². The Morgan fingerprint density at radius 1 is 1.38 bits per heavy atom. The minimum atomic E-state index is -0.757. The molecule has 1 heterocycles. The van der Waals surface area contributed by atoms with E-state index in [1.54, 1.807) is 16.8 Å². The number of aryl methyl sites for hydroxylation is 2. The molecule has 16 heavy (non-hydrogen) atoms. The zero-order chi connectivity index (χ0) is 12.0. The van der Waals surface area contributed by atoms with Crippen molar-refractivity contribution < 1.29 is 9.90 Å². The topological polar surface area (TPSA) is 59.3 Å². The van der Waals surface area contributed by atoms with Crippen LogP contribution in [0.3, 0.4) is 0 Å². The predicted octanol–water partition coefficient (Wildman–Crippen LogP) is 1.80. The number of rotatable bonds is 6. The van der Waals surface area contributed by atoms with E-state index in [9.17, 15) is 9.59 Å². The van der Waals surface area contributed by atoms with Crippen molar-refractivity contribution in [2.24, 2.45) is 0 Å². The van der Waals surface area contributed by atoms with Crippen LogP contribution in [0.25, 0.3) is 0 Å². The SMILES string of the molecule is Cc1ccn(CCCCCC(=O)O)c(=O)c1. The van der Waals surface area contributed by atoms with Gasteiger partial charge in [0.15, 0.2) is 0 Å². The lowest BCUT2D eigenvalue weighted by Gasteiger charge is -2.05. The number of nitrogens with zero attached hydrogens (tertiary/aromatic N) is 1. The number of pyridine rings is 1. The maximum absolute atomic E-state index is 11.5. The average Bonchev–Trinajstić information content (AvgIpc) is 2.20. The number of carbonyl (C=O) groups is 1. The Morgan fingerprint density at radius 2 is 2.12 bits per heavy atom. The first-order valence-electron chi connectivity index (χ1n) is 5.48. The zero-order valence-electron chi connectivity index (χ0n) is 9.48. The van der Waals surface area contributed by atoms with E-state index in [1.807, 2.05) is 13.0 Å². The van der Waals surface area contributed by atoms with Crippen molar-refractivity contribution in [2.45, 2.75) is 39.2 Å². The Bertz CT molecular complexity index is 409. The van der Waals surface area contributed by atoms with E-state index in [4.69, 9.17) is 5.11 Å². The van der Waals surface area contributed by atoms with E-state index in [0.29, 0.717) is 13.0 Å². The molecule has 0 aromatic carbocycles. The molecule has 1 aromatic rings. The lowest BCUT2D eigenvalue weighted by Crippen LogP contribution is -2.18. The molecule has 0 aliphatic carbocycles. The highest BCUT2D eigenvalue weighted by atomic mass is 16.4. The molecule has 88 valence electrons. The third kappa shape index (κ3) is 4.29. The molecule has 1 rings (SSSR count). The summed E-state index contributed by atoms with van der Waals surface area (Å²) in [5.41, 5.74) is 0.977. The molecular formula is C12H17NO3. The van der Waals surface area contributed by atoms with Crippen molar-refractivity contribution in [3.8, 4) is 0 Å². The minimum Gasteiger partial charge on any atom is -0.481 e. The summed E-state index contributed by atoms with van der Waals surface area (Å²) in [6.07, 6.45) is 4.36. The van der Waals surface area contributed by atoms with Crippen LogP contribution in [0.4, 0.5) is 0 Å². The molecule has 0 amide bonds. The lowest BCUT2D eigenvalue weighted by molar-refractivity contribution is -0.137. The molecule has 0 saturated carbocycles. The van der Waals surface area contributed by atoms with Gasteiger partial charge < -0.3 is 9.67 Å². The quantitative estimate of drug-likeness (QED) is 0.748. The molecule has 4 heteroatoms. The van der Waals surface area contributed by atoms with E-state index in [2.05, 4.69) is 0 Å². The highest BCUT2D eigenvalue weighted by Crippen LogP contribution is 2.01. The van der Waals surface area contributed by atoms with Crippen LogP contribution in [-0.4, -0.2) is 15.6 Å². The summed E-state index contributed by atoms with van der Waals surface area (Å²) in [5, 5.41) is 8.45. The van der Waals surface area contributed by atoms with Crippen LogP contribution in [0.1, 0.15) is 31.2 Å². The summed E-state index contributed by atoms with van der Waals surface area (Å²) in [6, 6.07) is 3.51. The first-order chi connectivity index (χ1) is 7.59. The second-order valence-electron chi connectivity index (χ2n) is 3.94. The summed E-state index contributed by atoms with van der Waals surface area (Å²) in [6.45, 7) is 2.55. The number of aromatic nitrogens is 1. The van der Waals surface area contributed by atoms with E-state index in [1.165, 1.54) is 0 Å². The fourth-order valence-electron chi connectivity index (χ4n) is 1.53. The van der Waals surface area contributed by atoms with Crippen LogP contribution in [-0.2, 0) is 11.3 Å². The minimum absolute atomic E-state index is 0.0123. The number of carboxylic acid groups (broad SMARTS) is 1. The van der Waals surface area contributed by atoms with Gasteiger partial charge in [-0.3, -0.25) is 9.59 Å². The fourth-order valence-corrected chi connectivity index (χ4v) is 1.53. The maximum Gasteiger partial charge on any atom is 0.303 e. The van der Waals surface area contributed by atoms with E-state index >= 15 is 0 Å². The smallest absolute Gasteiger partial charge is 0.303 e. The highest BCUT2D eigenvalue weighted by molar-refractivity contribution is 5.66. The van der Waals surface area contributed by atoms with Gasteiger partial charge in [0.2, 0.25) is 0 Å². The van der Waals surface area contributed by atoms with Crippen LogP contribution in [0.15, 0.2) is 23.1 Å². The van der Waals surface area contributed by atoms with Crippen LogP contribution in [0.2, 0.25) is 0 Å². The average molecular weight is 223 g/mol. The van der Waals surface area contributed by atoms with Crippen molar-refractivity contribution in [3.05, 3.63) is 34.2 Å². The normalized spacial score (nSPS) is 10.3. The number of aliphatic carboxylic acids is 1. The zero-order valence-corrected chi connectivity index (χ0v) is 9.48. The third-order valence-corrected chi connectivity index (χ3v) is 2.44. The van der Waals surface area contributed by atoms with E-state index in [0.717, 1.165) is 18.4 Å². The number of hydrogen-bond acceptors (Lipinski definition) is 2. The Labute approximate surface area is 94.5 Å². The summed E-state index contributed by atoms with van der Waals surface area (Å²) in [4.78, 5) is 21.7. The van der Waals surface area contributed by atoms with Crippen LogP contribution < -0.4 is 5.56 Å². The van der Waals surface area contributed by atoms with Gasteiger partial charge in [-0.15, -0.1) is 0 Å². The summed E-state index contributed by atoms with van der Waals surface area (Å²) in [5.74, 6) is -0.757. The number of hydrogen-bond donors (Lipinski definition) is 1. The Kier molecular flexibility index (Phi) is 4.76. The molecule has 0 radical (unpaired) electrons. The van der Waals surface area contributed by atoms with Crippen molar-refractivity contribution >= 4 is 5.97 Å². The first-order valence-corrected chi connectivity index (χ1v) is 5.48. The maximum atomic E-state index is 11.5. The van der Waals surface area contributed by atoms with E-state index < -0.39 is 5.97 Å². The molecule has 1 aromatic heterocycles. The van der Waals surface area contributed by atoms with Gasteiger partial charge in [0.05, 0.1) is 0 Å². The van der Waals surface area contributed by atoms with Gasteiger partial charge in [-0.25, -0.2) is 0 Å². The molecule has 0 aliphatic rings. The molecule has 0 fully saturated rings. The van der Waals surface area contributed by atoms with Crippen molar-refractivity contribution in [1.82, 2.24) is 4.57 Å². The van der Waals surface area contributed by atoms with Gasteiger partial charge in [0.25, 0.3) is 5.56 Å². The third-order valence-electron chi connectivity index (χ3n) is 2.44. The van der Waals surface area contributed by atoms with Crippen LogP contribution in [0.5, 0.6) is 0 Å². The first kappa shape index (κ1) is 12.5. The van der Waals surface area contributed by atoms with Gasteiger partial charge in [-0.2, -0.15) is 0 Å². The second-order valence-corrected chi connectivity index (χ2v) is 3.94. The number of unbranched alkanes of at least 4 members (excludes halogenated alkanes) is 2. The molecule has 0 bridgehead atoms. The molecule has 1 N–H and O–H groups in total. The molecule has 4 nitrogen and oxygen atoms in total. The molecule has 0 unspecified atom stereocenters. The molecule has 0 saturated heterocycles. The molecule has 0 aliphatic heterocycles. The molecular weight excluding hydrogens is 206 g/mol. The largest absolute Gasteiger partial charge is 0.481 e. The molecule has 0 spiro atoms. The van der Waals surface area contributed by atoms with Crippen LogP contribution >= 0.6 is 0 Å². The van der Waals surface area contributed by atoms with Gasteiger partial charge in [-0.1, -0.05) is 6.42 Å². The summed E-state index contributed by atoms with van der Waals surface area (Å²) in [7, 11) is 0. The summed E-state index contributed by atoms with van der Waals surface area (Å²) >= 11 is 0. The second kappa shape index (κ2) is 6.10. The van der Waals surface area contributed by atoms with Gasteiger partial charge in [0, 0.05) is 25.2 Å². The highest BCUT2D eigenvalue weighted by Gasteiger charge is 1.98. The predicted molar refractivity (Wildman–Crippen MR) is 61.5 cm³/mol. The Hall–Kier alpha value is -1.58. The Morgan fingerprint density at radius 3 is 2.75 bits per heavy atom. The molecule has 0 atom stereocenters. The standard InChI is InChI=1S/C12H17NO3/c1-10-6-8-13(11(14)9-10)7-4-2-3-5-12(15)16/h6,8-9H,2-5,7H2,1H3,(H,15,16). The van der Waals surface area contributed by atoms with Gasteiger partial charge in [0.1, 0.15) is 0 Å². The monoisotopic (exact) mass is 223 g/mol. The van der Waals surface area contributed by atoms with Gasteiger partial charge >= 0.3 is 5.97 Å². The van der Waals surface area contributed by atoms with Crippen LogP contribution in [0, 0.1) is 6.92 Å². The van der Waals surface area contributed by atoms with Crippen molar-refractivity contribution in [2.75, 3.05) is 0 Å². The van der Waals surface area contributed by atoms with Gasteiger partial charge in [-0.05, 0) is 31.4 Å². The van der Waals surface area contributed by atoms with Crippen molar-refractivity contribution in [3.63, 3.8) is 0 Å². The number of carboxylic acids is 1. The summed E-state index contributed by atoms with van der Waals surface area (Å²) < 4.78 is 1.66. The fraction of sp³-hybridized carbons (Fsp3) is 0.500. The lowest BCUT2D eigenvalue weighted by atomic mass is 10.2.